The maximum Gasteiger partial charge on any atom is 0.573 e. The molecule has 1 aromatic carbocycles. The molecule has 3 rings (SSSR count). The number of nitrogens with zero attached hydrogens (tertiary/aromatic N) is 2. The lowest BCUT2D eigenvalue weighted by molar-refractivity contribution is -0.274. The number of rotatable bonds is 6. The molecule has 1 aliphatic rings. The Morgan fingerprint density at radius 2 is 1.74 bits per heavy atom. The van der Waals surface area contributed by atoms with Crippen molar-refractivity contribution in [1.29, 1.82) is 0 Å². The van der Waals surface area contributed by atoms with Crippen LogP contribution >= 0.6 is 0 Å². The molecule has 1 fully saturated rings. The van der Waals surface area contributed by atoms with Gasteiger partial charge in [0.15, 0.2) is 0 Å². The standard InChI is InChI=1S/C17H18F3N3O3S/c18-17(19,20)26-14-5-8-16(22-12-14)21-11-13-3-6-15(7-4-13)27(24,25)23-9-1-2-10-23/h3-8,12H,1-2,9-11H2,(H,21,22). The molecule has 2 aromatic rings. The summed E-state index contributed by atoms with van der Waals surface area (Å²) in [5.41, 5.74) is 0.813. The molecule has 1 saturated heterocycles. The Hall–Kier alpha value is -2.33. The van der Waals surface area contributed by atoms with Gasteiger partial charge in [0.1, 0.15) is 11.6 Å². The van der Waals surface area contributed by atoms with E-state index in [1.165, 1.54) is 10.4 Å². The normalized spacial score (nSPS) is 15.7. The van der Waals surface area contributed by atoms with E-state index in [1.807, 2.05) is 0 Å². The maximum absolute atomic E-state index is 12.5. The average molecular weight is 401 g/mol. The van der Waals surface area contributed by atoms with Crippen molar-refractivity contribution in [1.82, 2.24) is 9.29 Å². The summed E-state index contributed by atoms with van der Waals surface area (Å²) in [5.74, 6) is -0.0252. The van der Waals surface area contributed by atoms with Gasteiger partial charge >= 0.3 is 6.36 Å². The summed E-state index contributed by atoms with van der Waals surface area (Å²) in [6.07, 6.45) is -2.03. The molecular formula is C17H18F3N3O3S. The van der Waals surface area contributed by atoms with Crippen LogP contribution in [0.3, 0.4) is 0 Å². The zero-order valence-electron chi connectivity index (χ0n) is 14.2. The quantitative estimate of drug-likeness (QED) is 0.804. The summed E-state index contributed by atoms with van der Waals surface area (Å²) in [4.78, 5) is 4.10. The number of nitrogens with one attached hydrogen (secondary N) is 1. The molecule has 1 N–H and O–H groups in total. The van der Waals surface area contributed by atoms with Crippen LogP contribution in [0.5, 0.6) is 5.75 Å². The van der Waals surface area contributed by atoms with Crippen LogP contribution in [0, 0.1) is 0 Å². The van der Waals surface area contributed by atoms with Gasteiger partial charge in [-0.05, 0) is 42.7 Å². The van der Waals surface area contributed by atoms with Gasteiger partial charge in [-0.25, -0.2) is 13.4 Å². The Bertz CT molecular complexity index is 863. The lowest BCUT2D eigenvalue weighted by Crippen LogP contribution is -2.27. The molecule has 1 aromatic heterocycles. The molecule has 0 atom stereocenters. The second-order valence-corrected chi connectivity index (χ2v) is 7.97. The fraction of sp³-hybridized carbons (Fsp3) is 0.353. The van der Waals surface area contributed by atoms with Crippen molar-refractivity contribution in [3.05, 3.63) is 48.2 Å². The molecule has 0 spiro atoms. The number of sulfonamides is 1. The SMILES string of the molecule is O=S(=O)(c1ccc(CNc2ccc(OC(F)(F)F)cn2)cc1)N1CCCC1. The smallest absolute Gasteiger partial charge is 0.404 e. The van der Waals surface area contributed by atoms with Gasteiger partial charge in [0.05, 0.1) is 11.1 Å². The van der Waals surface area contributed by atoms with Crippen LogP contribution in [0.4, 0.5) is 19.0 Å². The summed E-state index contributed by atoms with van der Waals surface area (Å²) in [6.45, 7) is 1.44. The minimum absolute atomic E-state index is 0.250. The van der Waals surface area contributed by atoms with Gasteiger partial charge in [-0.2, -0.15) is 4.31 Å². The lowest BCUT2D eigenvalue weighted by Gasteiger charge is -2.15. The van der Waals surface area contributed by atoms with E-state index in [-0.39, 0.29) is 4.90 Å². The predicted octanol–water partition coefficient (Wildman–Crippen LogP) is 3.38. The van der Waals surface area contributed by atoms with Gasteiger partial charge in [0.25, 0.3) is 0 Å². The van der Waals surface area contributed by atoms with Crippen molar-refractivity contribution >= 4 is 15.8 Å². The van der Waals surface area contributed by atoms with Crippen molar-refractivity contribution in [2.24, 2.45) is 0 Å². The second kappa shape index (κ2) is 7.73. The van der Waals surface area contributed by atoms with Crippen molar-refractivity contribution < 1.29 is 26.3 Å². The van der Waals surface area contributed by atoms with E-state index in [4.69, 9.17) is 0 Å². The number of pyridine rings is 1. The number of benzene rings is 1. The van der Waals surface area contributed by atoms with Crippen LogP contribution in [-0.4, -0.2) is 37.2 Å². The van der Waals surface area contributed by atoms with E-state index in [9.17, 15) is 21.6 Å². The van der Waals surface area contributed by atoms with E-state index in [2.05, 4.69) is 15.0 Å². The summed E-state index contributed by atoms with van der Waals surface area (Å²) in [5, 5.41) is 2.96. The number of aromatic nitrogens is 1. The highest BCUT2D eigenvalue weighted by Gasteiger charge is 2.31. The highest BCUT2D eigenvalue weighted by Crippen LogP contribution is 2.23. The number of hydrogen-bond donors (Lipinski definition) is 1. The number of anilines is 1. The van der Waals surface area contributed by atoms with Crippen molar-refractivity contribution in [2.75, 3.05) is 18.4 Å². The predicted molar refractivity (Wildman–Crippen MR) is 92.7 cm³/mol. The maximum atomic E-state index is 12.5. The van der Waals surface area contributed by atoms with Crippen LogP contribution < -0.4 is 10.1 Å². The molecule has 27 heavy (non-hydrogen) atoms. The average Bonchev–Trinajstić information content (AvgIpc) is 3.16. The zero-order valence-corrected chi connectivity index (χ0v) is 15.1. The molecule has 6 nitrogen and oxygen atoms in total. The van der Waals surface area contributed by atoms with Gasteiger partial charge in [0, 0.05) is 19.6 Å². The first-order valence-electron chi connectivity index (χ1n) is 8.29. The fourth-order valence-corrected chi connectivity index (χ4v) is 4.25. The van der Waals surface area contributed by atoms with Crippen molar-refractivity contribution in [3.63, 3.8) is 0 Å². The first kappa shape index (κ1) is 19.4. The third kappa shape index (κ3) is 5.10. The number of ether oxygens (including phenoxy) is 1. The van der Waals surface area contributed by atoms with E-state index in [0.29, 0.717) is 25.5 Å². The van der Waals surface area contributed by atoms with Gasteiger partial charge in [-0.15, -0.1) is 13.2 Å². The molecule has 2 heterocycles. The van der Waals surface area contributed by atoms with Crippen molar-refractivity contribution in [3.8, 4) is 5.75 Å². The van der Waals surface area contributed by atoms with Crippen LogP contribution in [0.25, 0.3) is 0 Å². The number of halogens is 3. The first-order valence-corrected chi connectivity index (χ1v) is 9.73. The van der Waals surface area contributed by atoms with Crippen LogP contribution in [0.1, 0.15) is 18.4 Å². The van der Waals surface area contributed by atoms with E-state index < -0.39 is 22.1 Å². The molecule has 0 unspecified atom stereocenters. The Labute approximate surface area is 155 Å². The molecule has 0 bridgehead atoms. The number of hydrogen-bond acceptors (Lipinski definition) is 5. The largest absolute Gasteiger partial charge is 0.573 e. The Balaban J connectivity index is 1.59. The topological polar surface area (TPSA) is 71.5 Å². The van der Waals surface area contributed by atoms with Crippen LogP contribution in [0.2, 0.25) is 0 Å². The molecule has 146 valence electrons. The van der Waals surface area contributed by atoms with E-state index in [0.717, 1.165) is 30.7 Å². The molecule has 10 heteroatoms. The van der Waals surface area contributed by atoms with Crippen LogP contribution in [-0.2, 0) is 16.6 Å². The monoisotopic (exact) mass is 401 g/mol. The third-order valence-electron chi connectivity index (χ3n) is 4.07. The highest BCUT2D eigenvalue weighted by atomic mass is 32.2. The Kier molecular flexibility index (Phi) is 5.56. The summed E-state index contributed by atoms with van der Waals surface area (Å²) < 4.78 is 66.5. The molecule has 0 aliphatic carbocycles. The number of alkyl halides is 3. The highest BCUT2D eigenvalue weighted by molar-refractivity contribution is 7.89. The zero-order chi connectivity index (χ0) is 19.5. The van der Waals surface area contributed by atoms with Gasteiger partial charge in [-0.3, -0.25) is 0 Å². The lowest BCUT2D eigenvalue weighted by atomic mass is 10.2. The third-order valence-corrected chi connectivity index (χ3v) is 5.98. The van der Waals surface area contributed by atoms with Gasteiger partial charge in [0.2, 0.25) is 10.0 Å². The van der Waals surface area contributed by atoms with Gasteiger partial charge < -0.3 is 10.1 Å². The first-order chi connectivity index (χ1) is 12.7. The van der Waals surface area contributed by atoms with Gasteiger partial charge in [-0.1, -0.05) is 12.1 Å². The van der Waals surface area contributed by atoms with Crippen molar-refractivity contribution in [2.45, 2.75) is 30.6 Å². The molecule has 0 radical (unpaired) electrons. The minimum atomic E-state index is -4.76. The fourth-order valence-electron chi connectivity index (χ4n) is 2.73. The van der Waals surface area contributed by atoms with E-state index in [1.54, 1.807) is 24.3 Å². The van der Waals surface area contributed by atoms with E-state index >= 15 is 0 Å². The Morgan fingerprint density at radius 3 is 2.30 bits per heavy atom. The summed E-state index contributed by atoms with van der Waals surface area (Å²) >= 11 is 0. The molecule has 0 saturated carbocycles. The Morgan fingerprint density at radius 1 is 1.07 bits per heavy atom. The molecule has 1 aliphatic heterocycles. The minimum Gasteiger partial charge on any atom is -0.404 e. The molecular weight excluding hydrogens is 383 g/mol. The summed E-state index contributed by atoms with van der Waals surface area (Å²) in [6, 6.07) is 9.02. The van der Waals surface area contributed by atoms with Crippen LogP contribution in [0.15, 0.2) is 47.5 Å². The summed E-state index contributed by atoms with van der Waals surface area (Å²) in [7, 11) is -3.45. The molecule has 0 amide bonds. The second-order valence-electron chi connectivity index (χ2n) is 6.04.